The summed E-state index contributed by atoms with van der Waals surface area (Å²) < 4.78 is 37.2. The van der Waals surface area contributed by atoms with Crippen LogP contribution in [0, 0.1) is 12.8 Å². The molecule has 6 heteroatoms. The first-order chi connectivity index (χ1) is 6.36. The second-order valence-corrected chi connectivity index (χ2v) is 4.72. The third-order valence-electron chi connectivity index (χ3n) is 2.08. The summed E-state index contributed by atoms with van der Waals surface area (Å²) in [5.74, 6) is -0.0934. The largest absolute Gasteiger partial charge is 0.411 e. The average molecular weight is 226 g/mol. The van der Waals surface area contributed by atoms with Crippen LogP contribution in [0.5, 0.6) is 0 Å². The molecule has 1 aliphatic rings. The van der Waals surface area contributed by atoms with E-state index in [1.165, 1.54) is 0 Å². The zero-order valence-corrected chi connectivity index (χ0v) is 8.40. The fourth-order valence-electron chi connectivity index (χ4n) is 1.31. The number of rotatable bonds is 1. The quantitative estimate of drug-likeness (QED) is 0.550. The van der Waals surface area contributed by atoms with Crippen molar-refractivity contribution in [3.8, 4) is 0 Å². The van der Waals surface area contributed by atoms with Crippen molar-refractivity contribution in [1.29, 1.82) is 0 Å². The SMILES string of the molecule is [CH2]C(C)C1CC(=NO)C(C(F)(F)F)S1. The summed E-state index contributed by atoms with van der Waals surface area (Å²) in [4.78, 5) is 0. The molecule has 0 bridgehead atoms. The Morgan fingerprint density at radius 2 is 2.21 bits per heavy atom. The van der Waals surface area contributed by atoms with Gasteiger partial charge in [-0.15, -0.1) is 11.8 Å². The zero-order chi connectivity index (χ0) is 10.9. The summed E-state index contributed by atoms with van der Waals surface area (Å²) in [5.41, 5.74) is -0.192. The van der Waals surface area contributed by atoms with Crippen LogP contribution in [0.3, 0.4) is 0 Å². The molecule has 0 aliphatic carbocycles. The average Bonchev–Trinajstić information content (AvgIpc) is 2.46. The van der Waals surface area contributed by atoms with Crippen molar-refractivity contribution >= 4 is 17.5 Å². The van der Waals surface area contributed by atoms with Crippen molar-refractivity contribution in [1.82, 2.24) is 0 Å². The van der Waals surface area contributed by atoms with Crippen LogP contribution >= 0.6 is 11.8 Å². The van der Waals surface area contributed by atoms with Crippen molar-refractivity contribution in [2.24, 2.45) is 11.1 Å². The van der Waals surface area contributed by atoms with Crippen LogP contribution in [0.1, 0.15) is 13.3 Å². The van der Waals surface area contributed by atoms with Gasteiger partial charge in [0.05, 0.1) is 5.71 Å². The lowest BCUT2D eigenvalue weighted by atomic mass is 10.0. The molecular weight excluding hydrogens is 215 g/mol. The number of nitrogens with zero attached hydrogens (tertiary/aromatic N) is 1. The smallest absolute Gasteiger partial charge is 0.405 e. The zero-order valence-electron chi connectivity index (χ0n) is 7.58. The van der Waals surface area contributed by atoms with Gasteiger partial charge in [-0.3, -0.25) is 0 Å². The molecule has 0 amide bonds. The van der Waals surface area contributed by atoms with Gasteiger partial charge < -0.3 is 5.21 Å². The number of hydrogen-bond donors (Lipinski definition) is 1. The topological polar surface area (TPSA) is 32.6 Å². The standard InChI is InChI=1S/C8H11F3NOS/c1-4(2)6-3-5(12-13)7(14-6)8(9,10)11/h4,6-7,13H,1,3H2,2H3. The van der Waals surface area contributed by atoms with Gasteiger partial charge in [-0.25, -0.2) is 0 Å². The van der Waals surface area contributed by atoms with Gasteiger partial charge in [-0.2, -0.15) is 13.2 Å². The third kappa shape index (κ3) is 2.34. The van der Waals surface area contributed by atoms with E-state index in [1.54, 1.807) is 6.92 Å². The lowest BCUT2D eigenvalue weighted by molar-refractivity contribution is -0.116. The Kier molecular flexibility index (Phi) is 3.34. The van der Waals surface area contributed by atoms with Crippen molar-refractivity contribution in [3.05, 3.63) is 6.92 Å². The minimum atomic E-state index is -4.34. The number of hydrogen-bond acceptors (Lipinski definition) is 3. The summed E-state index contributed by atoms with van der Waals surface area (Å²) in [7, 11) is 0. The van der Waals surface area contributed by atoms with E-state index in [4.69, 9.17) is 5.21 Å². The Hall–Kier alpha value is -0.390. The normalized spacial score (nSPS) is 31.7. The molecule has 14 heavy (non-hydrogen) atoms. The fourth-order valence-corrected chi connectivity index (χ4v) is 2.65. The molecule has 3 unspecified atom stereocenters. The molecule has 0 aromatic rings. The number of oxime groups is 1. The van der Waals surface area contributed by atoms with Gasteiger partial charge in [0.1, 0.15) is 5.25 Å². The van der Waals surface area contributed by atoms with E-state index in [0.29, 0.717) is 0 Å². The maximum absolute atomic E-state index is 12.4. The van der Waals surface area contributed by atoms with Crippen LogP contribution in [-0.4, -0.2) is 27.6 Å². The molecule has 0 aromatic heterocycles. The molecule has 3 atom stereocenters. The Morgan fingerprint density at radius 1 is 1.64 bits per heavy atom. The molecule has 81 valence electrons. The molecule has 1 saturated heterocycles. The first-order valence-corrected chi connectivity index (χ1v) is 5.06. The monoisotopic (exact) mass is 226 g/mol. The van der Waals surface area contributed by atoms with Crippen molar-refractivity contribution in [3.63, 3.8) is 0 Å². The summed E-state index contributed by atoms with van der Waals surface area (Å²) in [5, 5.41) is 9.29. The highest BCUT2D eigenvalue weighted by atomic mass is 32.2. The summed E-state index contributed by atoms with van der Waals surface area (Å²) in [6.45, 7) is 5.44. The first-order valence-electron chi connectivity index (χ1n) is 4.12. The molecule has 1 rings (SSSR count). The predicted octanol–water partition coefficient (Wildman–Crippen LogP) is 2.72. The number of alkyl halides is 3. The van der Waals surface area contributed by atoms with Gasteiger partial charge in [0, 0.05) is 11.7 Å². The highest BCUT2D eigenvalue weighted by Crippen LogP contribution is 2.43. The fraction of sp³-hybridized carbons (Fsp3) is 0.750. The Bertz CT molecular complexity index is 239. The molecule has 1 aliphatic heterocycles. The van der Waals surface area contributed by atoms with Crippen LogP contribution in [0.15, 0.2) is 5.16 Å². The van der Waals surface area contributed by atoms with Gasteiger partial charge in [-0.1, -0.05) is 12.1 Å². The minimum Gasteiger partial charge on any atom is -0.411 e. The lowest BCUT2D eigenvalue weighted by Crippen LogP contribution is -2.30. The van der Waals surface area contributed by atoms with E-state index in [9.17, 15) is 13.2 Å². The highest BCUT2D eigenvalue weighted by Gasteiger charge is 2.50. The van der Waals surface area contributed by atoms with Gasteiger partial charge in [0.25, 0.3) is 0 Å². The van der Waals surface area contributed by atoms with Crippen molar-refractivity contribution in [2.75, 3.05) is 0 Å². The highest BCUT2D eigenvalue weighted by molar-refractivity contribution is 8.01. The van der Waals surface area contributed by atoms with E-state index in [0.717, 1.165) is 11.8 Å². The first kappa shape index (κ1) is 11.7. The molecule has 1 heterocycles. The molecule has 1 N–H and O–H groups in total. The maximum atomic E-state index is 12.4. The second kappa shape index (κ2) is 4.00. The molecule has 1 radical (unpaired) electrons. The van der Waals surface area contributed by atoms with Crippen LogP contribution in [-0.2, 0) is 0 Å². The molecular formula is C8H11F3NOS. The molecule has 2 nitrogen and oxygen atoms in total. The number of thioether (sulfide) groups is 1. The van der Waals surface area contributed by atoms with E-state index in [1.807, 2.05) is 0 Å². The van der Waals surface area contributed by atoms with E-state index >= 15 is 0 Å². The second-order valence-electron chi connectivity index (χ2n) is 3.37. The summed E-state index contributed by atoms with van der Waals surface area (Å²) >= 11 is 0.780. The van der Waals surface area contributed by atoms with Gasteiger partial charge in [0.15, 0.2) is 0 Å². The van der Waals surface area contributed by atoms with E-state index in [-0.39, 0.29) is 23.3 Å². The summed E-state index contributed by atoms with van der Waals surface area (Å²) in [6, 6.07) is 0. The van der Waals surface area contributed by atoms with Gasteiger partial charge in [-0.05, 0) is 12.8 Å². The Balaban J connectivity index is 2.79. The minimum absolute atomic E-state index is 0.0934. The van der Waals surface area contributed by atoms with Gasteiger partial charge in [0.2, 0.25) is 0 Å². The van der Waals surface area contributed by atoms with Crippen LogP contribution in [0.2, 0.25) is 0 Å². The van der Waals surface area contributed by atoms with Gasteiger partial charge >= 0.3 is 6.18 Å². The van der Waals surface area contributed by atoms with Crippen LogP contribution in [0.25, 0.3) is 0 Å². The predicted molar refractivity (Wildman–Crippen MR) is 49.6 cm³/mol. The third-order valence-corrected chi connectivity index (χ3v) is 3.88. The van der Waals surface area contributed by atoms with E-state index < -0.39 is 11.4 Å². The molecule has 0 spiro atoms. The van der Waals surface area contributed by atoms with E-state index in [2.05, 4.69) is 12.1 Å². The van der Waals surface area contributed by atoms with Crippen LogP contribution < -0.4 is 0 Å². The molecule has 1 fully saturated rings. The maximum Gasteiger partial charge on any atom is 0.405 e. The lowest BCUT2D eigenvalue weighted by Gasteiger charge is -2.15. The number of halogens is 3. The van der Waals surface area contributed by atoms with Crippen LogP contribution in [0.4, 0.5) is 13.2 Å². The Morgan fingerprint density at radius 3 is 2.50 bits per heavy atom. The van der Waals surface area contributed by atoms with Crippen molar-refractivity contribution < 1.29 is 18.4 Å². The molecule has 0 aromatic carbocycles. The molecule has 0 saturated carbocycles. The summed E-state index contributed by atoms with van der Waals surface area (Å²) in [6.07, 6.45) is -4.17. The Labute approximate surface area is 84.6 Å². The van der Waals surface area contributed by atoms with Crippen molar-refractivity contribution in [2.45, 2.75) is 30.0 Å².